The van der Waals surface area contributed by atoms with Gasteiger partial charge >= 0.3 is 0 Å². The number of rotatable bonds is 4. The number of amides is 2. The predicted molar refractivity (Wildman–Crippen MR) is 99.5 cm³/mol. The molecule has 2 aromatic rings. The van der Waals surface area contributed by atoms with E-state index in [1.807, 2.05) is 18.4 Å². The molecule has 6 nitrogen and oxygen atoms in total. The number of benzene rings is 1. The first-order chi connectivity index (χ1) is 12.4. The number of sulfonamides is 1. The highest BCUT2D eigenvalue weighted by atomic mass is 32.2. The van der Waals surface area contributed by atoms with Crippen LogP contribution in [0.3, 0.4) is 0 Å². The second-order valence-corrected chi connectivity index (χ2v) is 8.96. The maximum Gasteiger partial charge on any atom is 0.264 e. The fourth-order valence-electron chi connectivity index (χ4n) is 2.89. The van der Waals surface area contributed by atoms with Crippen LogP contribution in [-0.4, -0.2) is 38.2 Å². The topological polar surface area (TPSA) is 83.6 Å². The number of hydrogen-bond acceptors (Lipinski definition) is 5. The van der Waals surface area contributed by atoms with E-state index in [1.54, 1.807) is 23.1 Å². The summed E-state index contributed by atoms with van der Waals surface area (Å²) in [5.74, 6) is -0.956. The van der Waals surface area contributed by atoms with Gasteiger partial charge in [-0.05, 0) is 43.3 Å². The van der Waals surface area contributed by atoms with Crippen molar-refractivity contribution in [3.63, 3.8) is 0 Å². The van der Waals surface area contributed by atoms with Crippen LogP contribution >= 0.6 is 11.3 Å². The van der Waals surface area contributed by atoms with E-state index in [1.165, 1.54) is 23.5 Å². The van der Waals surface area contributed by atoms with Crippen molar-refractivity contribution in [2.75, 3.05) is 13.1 Å². The van der Waals surface area contributed by atoms with Gasteiger partial charge in [-0.15, -0.1) is 11.3 Å². The minimum atomic E-state index is -3.87. The number of nitrogens with zero attached hydrogens (tertiary/aromatic N) is 1. The van der Waals surface area contributed by atoms with Crippen LogP contribution < -0.4 is 4.72 Å². The molecule has 0 unspecified atom stereocenters. The van der Waals surface area contributed by atoms with Crippen molar-refractivity contribution < 1.29 is 18.0 Å². The normalized spacial score (nSPS) is 15.7. The van der Waals surface area contributed by atoms with Crippen LogP contribution in [-0.2, 0) is 14.8 Å². The van der Waals surface area contributed by atoms with E-state index < -0.39 is 21.8 Å². The van der Waals surface area contributed by atoms with Gasteiger partial charge in [-0.3, -0.25) is 9.59 Å². The van der Waals surface area contributed by atoms with Crippen LogP contribution in [0.5, 0.6) is 0 Å². The zero-order valence-electron chi connectivity index (χ0n) is 14.3. The Morgan fingerprint density at radius 1 is 1.12 bits per heavy atom. The number of hydrogen-bond donors (Lipinski definition) is 1. The Kier molecular flexibility index (Phi) is 5.43. The Labute approximate surface area is 156 Å². The van der Waals surface area contributed by atoms with Gasteiger partial charge in [0.2, 0.25) is 5.91 Å². The Hall–Kier alpha value is -2.19. The molecule has 3 rings (SSSR count). The van der Waals surface area contributed by atoms with Crippen LogP contribution in [0.4, 0.5) is 0 Å². The van der Waals surface area contributed by atoms with Crippen LogP contribution in [0.2, 0.25) is 0 Å². The van der Waals surface area contributed by atoms with E-state index in [9.17, 15) is 18.0 Å². The van der Waals surface area contributed by atoms with Gasteiger partial charge in [0.1, 0.15) is 0 Å². The molecule has 0 aliphatic carbocycles. The van der Waals surface area contributed by atoms with E-state index in [-0.39, 0.29) is 10.8 Å². The molecule has 8 heteroatoms. The Morgan fingerprint density at radius 3 is 2.35 bits per heavy atom. The van der Waals surface area contributed by atoms with Crippen molar-refractivity contribution in [1.82, 2.24) is 9.62 Å². The average Bonchev–Trinajstić information content (AvgIpc) is 3.16. The highest BCUT2D eigenvalue weighted by molar-refractivity contribution is 7.90. The van der Waals surface area contributed by atoms with Crippen LogP contribution in [0.25, 0.3) is 0 Å². The molecule has 2 heterocycles. The van der Waals surface area contributed by atoms with Crippen molar-refractivity contribution in [3.8, 4) is 0 Å². The van der Waals surface area contributed by atoms with Gasteiger partial charge in [-0.1, -0.05) is 23.8 Å². The first kappa shape index (κ1) is 18.6. The molecular formula is C18H20N2O4S2. The zero-order chi connectivity index (χ0) is 18.7. The van der Waals surface area contributed by atoms with E-state index in [0.29, 0.717) is 30.8 Å². The predicted octanol–water partition coefficient (Wildman–Crippen LogP) is 2.41. The van der Waals surface area contributed by atoms with Crippen molar-refractivity contribution in [1.29, 1.82) is 0 Å². The molecule has 2 amide bonds. The minimum Gasteiger partial charge on any atom is -0.338 e. The molecule has 1 aromatic carbocycles. The van der Waals surface area contributed by atoms with Gasteiger partial charge in [0.15, 0.2) is 0 Å². The Balaban J connectivity index is 1.58. The van der Waals surface area contributed by atoms with Gasteiger partial charge in [-0.25, -0.2) is 13.1 Å². The van der Waals surface area contributed by atoms with E-state index in [2.05, 4.69) is 4.72 Å². The summed E-state index contributed by atoms with van der Waals surface area (Å²) < 4.78 is 26.8. The molecule has 1 saturated heterocycles. The standard InChI is InChI=1S/C18H20N2O4S2/c1-13-4-6-15(7-5-13)26(23,24)19-17(21)14-8-10-20(11-9-14)18(22)16-3-2-12-25-16/h2-7,12,14H,8-11H2,1H3,(H,19,21). The van der Waals surface area contributed by atoms with E-state index in [0.717, 1.165) is 5.56 Å². The summed E-state index contributed by atoms with van der Waals surface area (Å²) in [5.41, 5.74) is 0.943. The van der Waals surface area contributed by atoms with Crippen molar-refractivity contribution in [3.05, 3.63) is 52.2 Å². The summed E-state index contributed by atoms with van der Waals surface area (Å²) in [4.78, 5) is 27.1. The molecule has 0 saturated carbocycles. The molecule has 1 aliphatic rings. The first-order valence-corrected chi connectivity index (χ1v) is 10.7. The van der Waals surface area contributed by atoms with Gasteiger partial charge in [0, 0.05) is 19.0 Å². The molecule has 0 radical (unpaired) electrons. The average molecular weight is 393 g/mol. The molecule has 138 valence electrons. The summed E-state index contributed by atoms with van der Waals surface area (Å²) in [7, 11) is -3.87. The molecule has 26 heavy (non-hydrogen) atoms. The number of thiophene rings is 1. The van der Waals surface area contributed by atoms with E-state index in [4.69, 9.17) is 0 Å². The maximum absolute atomic E-state index is 12.4. The van der Waals surface area contributed by atoms with Gasteiger partial charge < -0.3 is 4.90 Å². The number of aryl methyl sites for hydroxylation is 1. The van der Waals surface area contributed by atoms with Crippen LogP contribution in [0.1, 0.15) is 28.1 Å². The lowest BCUT2D eigenvalue weighted by atomic mass is 9.96. The SMILES string of the molecule is Cc1ccc(S(=O)(=O)NC(=O)C2CCN(C(=O)c3cccs3)CC2)cc1. The summed E-state index contributed by atoms with van der Waals surface area (Å²) in [6.45, 7) is 2.75. The molecule has 1 N–H and O–H groups in total. The van der Waals surface area contributed by atoms with Crippen molar-refractivity contribution >= 4 is 33.2 Å². The van der Waals surface area contributed by atoms with Crippen molar-refractivity contribution in [2.24, 2.45) is 5.92 Å². The number of carbonyl (C=O) groups excluding carboxylic acids is 2. The van der Waals surface area contributed by atoms with Crippen molar-refractivity contribution in [2.45, 2.75) is 24.7 Å². The number of piperidine rings is 1. The van der Waals surface area contributed by atoms with Gasteiger partial charge in [-0.2, -0.15) is 0 Å². The first-order valence-electron chi connectivity index (χ1n) is 8.33. The number of carbonyl (C=O) groups is 2. The second-order valence-electron chi connectivity index (χ2n) is 6.33. The number of likely N-dealkylation sites (tertiary alicyclic amines) is 1. The number of nitrogens with one attached hydrogen (secondary N) is 1. The minimum absolute atomic E-state index is 0.0360. The molecule has 0 spiro atoms. The lowest BCUT2D eigenvalue weighted by Gasteiger charge is -2.31. The highest BCUT2D eigenvalue weighted by Crippen LogP contribution is 2.21. The summed E-state index contributed by atoms with van der Waals surface area (Å²) in [5, 5.41) is 1.85. The molecule has 1 aliphatic heterocycles. The highest BCUT2D eigenvalue weighted by Gasteiger charge is 2.30. The largest absolute Gasteiger partial charge is 0.338 e. The van der Waals surface area contributed by atoms with E-state index >= 15 is 0 Å². The lowest BCUT2D eigenvalue weighted by molar-refractivity contribution is -0.124. The molecule has 1 fully saturated rings. The summed E-state index contributed by atoms with van der Waals surface area (Å²) >= 11 is 1.39. The summed E-state index contributed by atoms with van der Waals surface area (Å²) in [6, 6.07) is 9.94. The Morgan fingerprint density at radius 2 is 1.77 bits per heavy atom. The third kappa shape index (κ3) is 4.13. The fourth-order valence-corrected chi connectivity index (χ4v) is 4.63. The molecule has 0 atom stereocenters. The van der Waals surface area contributed by atoms with Gasteiger partial charge in [0.05, 0.1) is 9.77 Å². The summed E-state index contributed by atoms with van der Waals surface area (Å²) in [6.07, 6.45) is 0.902. The zero-order valence-corrected chi connectivity index (χ0v) is 16.0. The third-order valence-electron chi connectivity index (χ3n) is 4.45. The second kappa shape index (κ2) is 7.59. The van der Waals surface area contributed by atoms with Gasteiger partial charge in [0.25, 0.3) is 15.9 Å². The lowest BCUT2D eigenvalue weighted by Crippen LogP contribution is -2.44. The molecular weight excluding hydrogens is 372 g/mol. The maximum atomic E-state index is 12.4. The fraction of sp³-hybridized carbons (Fsp3) is 0.333. The molecule has 1 aromatic heterocycles. The smallest absolute Gasteiger partial charge is 0.264 e. The third-order valence-corrected chi connectivity index (χ3v) is 6.67. The monoisotopic (exact) mass is 392 g/mol. The Bertz CT molecular complexity index is 882. The van der Waals surface area contributed by atoms with Crippen LogP contribution in [0, 0.1) is 12.8 Å². The molecule has 0 bridgehead atoms. The quantitative estimate of drug-likeness (QED) is 0.866. The van der Waals surface area contributed by atoms with Crippen LogP contribution in [0.15, 0.2) is 46.7 Å².